The van der Waals surface area contributed by atoms with E-state index < -0.39 is 0 Å². The van der Waals surface area contributed by atoms with Crippen LogP contribution in [-0.2, 0) is 17.9 Å². The zero-order valence-corrected chi connectivity index (χ0v) is 18.5. The summed E-state index contributed by atoms with van der Waals surface area (Å²) in [5.74, 6) is 0.876. The minimum absolute atomic E-state index is 0. The molecule has 27 heavy (non-hydrogen) atoms. The van der Waals surface area contributed by atoms with Gasteiger partial charge in [0, 0.05) is 32.7 Å². The van der Waals surface area contributed by atoms with Gasteiger partial charge in [-0.15, -0.1) is 24.8 Å². The standard InChI is InChI=1S/C20H25BrN2O2.2ClH/c21-19-14-18(15-22-8-9-23-10-12-24-13-11-23)6-7-20(19)25-16-17-4-2-1-3-5-17;;/h1-7,14,22H,8-13,15-16H2;2*1H. The molecule has 1 heterocycles. The van der Waals surface area contributed by atoms with E-state index in [0.717, 1.165) is 56.2 Å². The summed E-state index contributed by atoms with van der Waals surface area (Å²) in [7, 11) is 0. The quantitative estimate of drug-likeness (QED) is 0.575. The highest BCUT2D eigenvalue weighted by atomic mass is 79.9. The van der Waals surface area contributed by atoms with Gasteiger partial charge in [0.05, 0.1) is 17.7 Å². The molecular formula is C20H27BrCl2N2O2. The molecule has 0 radical (unpaired) electrons. The Morgan fingerprint density at radius 2 is 1.74 bits per heavy atom. The number of hydrogen-bond acceptors (Lipinski definition) is 4. The van der Waals surface area contributed by atoms with Crippen LogP contribution in [0.25, 0.3) is 0 Å². The molecule has 0 amide bonds. The molecule has 7 heteroatoms. The van der Waals surface area contributed by atoms with Gasteiger partial charge in [-0.1, -0.05) is 36.4 Å². The third kappa shape index (κ3) is 8.38. The maximum Gasteiger partial charge on any atom is 0.134 e. The number of hydrogen-bond donors (Lipinski definition) is 1. The van der Waals surface area contributed by atoms with Crippen LogP contribution in [0.5, 0.6) is 5.75 Å². The molecule has 0 saturated carbocycles. The highest BCUT2D eigenvalue weighted by Crippen LogP contribution is 2.26. The van der Waals surface area contributed by atoms with Crippen LogP contribution in [-0.4, -0.2) is 44.3 Å². The number of morpholine rings is 1. The fourth-order valence-corrected chi connectivity index (χ4v) is 3.34. The Kier molecular flexibility index (Phi) is 12.0. The molecule has 1 fully saturated rings. The normalized spacial score (nSPS) is 14.1. The second-order valence-corrected chi connectivity index (χ2v) is 7.02. The number of rotatable bonds is 8. The lowest BCUT2D eigenvalue weighted by atomic mass is 10.2. The van der Waals surface area contributed by atoms with Crippen LogP contribution in [0.2, 0.25) is 0 Å². The summed E-state index contributed by atoms with van der Waals surface area (Å²) in [4.78, 5) is 2.44. The van der Waals surface area contributed by atoms with Crippen molar-refractivity contribution in [3.8, 4) is 5.75 Å². The first-order valence-electron chi connectivity index (χ1n) is 8.77. The lowest BCUT2D eigenvalue weighted by Gasteiger charge is -2.26. The van der Waals surface area contributed by atoms with Crippen LogP contribution in [0.15, 0.2) is 53.0 Å². The summed E-state index contributed by atoms with van der Waals surface area (Å²) in [6.07, 6.45) is 0. The van der Waals surface area contributed by atoms with Crippen LogP contribution in [0, 0.1) is 0 Å². The fourth-order valence-electron chi connectivity index (χ4n) is 2.80. The lowest BCUT2D eigenvalue weighted by Crippen LogP contribution is -2.40. The Morgan fingerprint density at radius 1 is 1.00 bits per heavy atom. The monoisotopic (exact) mass is 476 g/mol. The predicted octanol–water partition coefficient (Wildman–Crippen LogP) is 4.29. The smallest absolute Gasteiger partial charge is 0.134 e. The van der Waals surface area contributed by atoms with Crippen molar-refractivity contribution in [2.45, 2.75) is 13.2 Å². The maximum atomic E-state index is 5.90. The van der Waals surface area contributed by atoms with Crippen molar-refractivity contribution in [3.63, 3.8) is 0 Å². The highest BCUT2D eigenvalue weighted by Gasteiger charge is 2.09. The molecular weight excluding hydrogens is 451 g/mol. The number of nitrogens with one attached hydrogen (secondary N) is 1. The van der Waals surface area contributed by atoms with Gasteiger partial charge in [0.2, 0.25) is 0 Å². The summed E-state index contributed by atoms with van der Waals surface area (Å²) in [5, 5.41) is 3.51. The zero-order chi connectivity index (χ0) is 17.3. The van der Waals surface area contributed by atoms with Crippen molar-refractivity contribution in [2.75, 3.05) is 39.4 Å². The first-order valence-corrected chi connectivity index (χ1v) is 9.56. The number of halogens is 3. The molecule has 2 aromatic carbocycles. The van der Waals surface area contributed by atoms with E-state index in [4.69, 9.17) is 9.47 Å². The van der Waals surface area contributed by atoms with Crippen molar-refractivity contribution >= 4 is 40.7 Å². The molecule has 1 aliphatic heterocycles. The minimum atomic E-state index is 0. The van der Waals surface area contributed by atoms with E-state index in [0.29, 0.717) is 6.61 Å². The van der Waals surface area contributed by atoms with Gasteiger partial charge in [0.25, 0.3) is 0 Å². The van der Waals surface area contributed by atoms with E-state index in [1.807, 2.05) is 24.3 Å². The molecule has 0 spiro atoms. The van der Waals surface area contributed by atoms with Gasteiger partial charge in [-0.25, -0.2) is 0 Å². The second-order valence-electron chi connectivity index (χ2n) is 6.17. The van der Waals surface area contributed by atoms with Crippen molar-refractivity contribution in [1.29, 1.82) is 0 Å². The molecule has 150 valence electrons. The van der Waals surface area contributed by atoms with Crippen molar-refractivity contribution < 1.29 is 9.47 Å². The third-order valence-electron chi connectivity index (χ3n) is 4.27. The van der Waals surface area contributed by atoms with Crippen molar-refractivity contribution in [3.05, 3.63) is 64.1 Å². The Balaban J connectivity index is 0.00000182. The average molecular weight is 478 g/mol. The lowest BCUT2D eigenvalue weighted by molar-refractivity contribution is 0.0384. The van der Waals surface area contributed by atoms with Crippen LogP contribution in [0.1, 0.15) is 11.1 Å². The van der Waals surface area contributed by atoms with Gasteiger partial charge in [-0.05, 0) is 39.2 Å². The number of nitrogens with zero attached hydrogens (tertiary/aromatic N) is 1. The number of benzene rings is 2. The summed E-state index contributed by atoms with van der Waals surface area (Å²) >= 11 is 3.62. The Bertz CT molecular complexity index is 656. The topological polar surface area (TPSA) is 33.7 Å². The second kappa shape index (κ2) is 13.4. The zero-order valence-electron chi connectivity index (χ0n) is 15.2. The molecule has 4 nitrogen and oxygen atoms in total. The summed E-state index contributed by atoms with van der Waals surface area (Å²) in [5.41, 5.74) is 2.42. The first-order chi connectivity index (χ1) is 12.3. The van der Waals surface area contributed by atoms with Gasteiger partial charge >= 0.3 is 0 Å². The largest absolute Gasteiger partial charge is 0.488 e. The Hall–Kier alpha value is -0.820. The van der Waals surface area contributed by atoms with Crippen LogP contribution in [0.4, 0.5) is 0 Å². The van der Waals surface area contributed by atoms with Crippen LogP contribution in [0.3, 0.4) is 0 Å². The fraction of sp³-hybridized carbons (Fsp3) is 0.400. The molecule has 0 bridgehead atoms. The van der Waals surface area contributed by atoms with E-state index in [1.165, 1.54) is 11.1 Å². The third-order valence-corrected chi connectivity index (χ3v) is 4.89. The average Bonchev–Trinajstić information content (AvgIpc) is 2.66. The molecule has 0 aromatic heterocycles. The minimum Gasteiger partial charge on any atom is -0.488 e. The van der Waals surface area contributed by atoms with Crippen LogP contribution >= 0.6 is 40.7 Å². The molecule has 0 aliphatic carbocycles. The van der Waals surface area contributed by atoms with Gasteiger partial charge < -0.3 is 14.8 Å². The molecule has 0 atom stereocenters. The van der Waals surface area contributed by atoms with E-state index >= 15 is 0 Å². The molecule has 1 aliphatic rings. The summed E-state index contributed by atoms with van der Waals surface area (Å²) in [6, 6.07) is 16.5. The van der Waals surface area contributed by atoms with Gasteiger partial charge in [-0.2, -0.15) is 0 Å². The molecule has 2 aromatic rings. The maximum absolute atomic E-state index is 5.90. The van der Waals surface area contributed by atoms with Crippen LogP contribution < -0.4 is 10.1 Å². The van der Waals surface area contributed by atoms with Crippen molar-refractivity contribution in [2.24, 2.45) is 0 Å². The Morgan fingerprint density at radius 3 is 2.44 bits per heavy atom. The van der Waals surface area contributed by atoms with Gasteiger partial charge in [-0.3, -0.25) is 4.90 Å². The SMILES string of the molecule is Brc1cc(CNCCN2CCOCC2)ccc1OCc1ccccc1.Cl.Cl. The van der Waals surface area contributed by atoms with E-state index in [1.54, 1.807) is 0 Å². The first kappa shape index (κ1) is 24.2. The molecule has 3 rings (SSSR count). The van der Waals surface area contributed by atoms with Gasteiger partial charge in [0.1, 0.15) is 12.4 Å². The summed E-state index contributed by atoms with van der Waals surface area (Å²) in [6.45, 7) is 7.31. The Labute approximate surface area is 182 Å². The summed E-state index contributed by atoms with van der Waals surface area (Å²) < 4.78 is 12.3. The predicted molar refractivity (Wildman–Crippen MR) is 118 cm³/mol. The molecule has 1 N–H and O–H groups in total. The highest BCUT2D eigenvalue weighted by molar-refractivity contribution is 9.10. The van der Waals surface area contributed by atoms with E-state index in [2.05, 4.69) is 50.4 Å². The number of ether oxygens (including phenoxy) is 2. The van der Waals surface area contributed by atoms with Crippen molar-refractivity contribution in [1.82, 2.24) is 10.2 Å². The molecule has 1 saturated heterocycles. The van der Waals surface area contributed by atoms with E-state index in [-0.39, 0.29) is 24.8 Å². The molecule has 0 unspecified atom stereocenters. The van der Waals surface area contributed by atoms with Gasteiger partial charge in [0.15, 0.2) is 0 Å². The van der Waals surface area contributed by atoms with E-state index in [9.17, 15) is 0 Å².